The highest BCUT2D eigenvalue weighted by molar-refractivity contribution is 5.76. The van der Waals surface area contributed by atoms with E-state index in [1.165, 1.54) is 13.4 Å². The van der Waals surface area contributed by atoms with E-state index >= 15 is 0 Å². The number of hydrogen-bond acceptors (Lipinski definition) is 5. The third-order valence-corrected chi connectivity index (χ3v) is 2.21. The second-order valence-corrected chi connectivity index (χ2v) is 3.53. The lowest BCUT2D eigenvalue weighted by Gasteiger charge is -2.25. The van der Waals surface area contributed by atoms with Gasteiger partial charge in [0.15, 0.2) is 6.10 Å². The number of carbonyl (C=O) groups is 1. The van der Waals surface area contributed by atoms with Gasteiger partial charge in [-0.3, -0.25) is 0 Å². The molecule has 5 heteroatoms. The van der Waals surface area contributed by atoms with E-state index < -0.39 is 17.5 Å². The smallest absolute Gasteiger partial charge is 0.335 e. The summed E-state index contributed by atoms with van der Waals surface area (Å²) in [5.41, 5.74) is -0.310. The summed E-state index contributed by atoms with van der Waals surface area (Å²) in [4.78, 5) is 11.1. The molecule has 0 fully saturated rings. The van der Waals surface area contributed by atoms with Gasteiger partial charge in [-0.25, -0.2) is 4.79 Å². The van der Waals surface area contributed by atoms with E-state index in [0.717, 1.165) is 0 Å². The van der Waals surface area contributed by atoms with Crippen LogP contribution in [0, 0.1) is 0 Å². The Kier molecular flexibility index (Phi) is 2.90. The summed E-state index contributed by atoms with van der Waals surface area (Å²) in [6.45, 7) is 3.37. The van der Waals surface area contributed by atoms with Crippen LogP contribution in [0.5, 0.6) is 0 Å². The van der Waals surface area contributed by atoms with E-state index in [1.807, 2.05) is 0 Å². The number of aliphatic hydroxyl groups is 1. The van der Waals surface area contributed by atoms with Crippen LogP contribution in [0.25, 0.3) is 0 Å². The molecule has 1 aromatic rings. The topological polar surface area (TPSA) is 72.6 Å². The molecule has 0 radical (unpaired) electrons. The van der Waals surface area contributed by atoms with Crippen LogP contribution in [0.2, 0.25) is 0 Å². The minimum atomic E-state index is -1.25. The zero-order chi connectivity index (χ0) is 10.8. The van der Waals surface area contributed by atoms with Crippen molar-refractivity contribution >= 4 is 5.97 Å². The standard InChI is InChI=1S/C9H13NO4/c1-9(2,6-4-5-14-10-6)7(11)8(12)13-3/h4-5,7,11H,1-3H3. The fourth-order valence-electron chi connectivity index (χ4n) is 1.09. The van der Waals surface area contributed by atoms with Crippen molar-refractivity contribution in [2.24, 2.45) is 0 Å². The summed E-state index contributed by atoms with van der Waals surface area (Å²) in [6, 6.07) is 1.60. The highest BCUT2D eigenvalue weighted by Crippen LogP contribution is 2.26. The first-order valence-electron chi connectivity index (χ1n) is 4.17. The Morgan fingerprint density at radius 1 is 1.71 bits per heavy atom. The van der Waals surface area contributed by atoms with Crippen LogP contribution < -0.4 is 0 Å². The number of carbonyl (C=O) groups excluding carboxylic acids is 1. The number of hydrogen-bond donors (Lipinski definition) is 1. The number of esters is 1. The molecule has 0 aromatic carbocycles. The molecule has 78 valence electrons. The fraction of sp³-hybridized carbons (Fsp3) is 0.556. The zero-order valence-corrected chi connectivity index (χ0v) is 8.35. The Morgan fingerprint density at radius 2 is 2.36 bits per heavy atom. The van der Waals surface area contributed by atoms with Crippen LogP contribution in [0.3, 0.4) is 0 Å². The SMILES string of the molecule is COC(=O)C(O)C(C)(C)c1ccon1. The van der Waals surface area contributed by atoms with Crippen molar-refractivity contribution in [1.29, 1.82) is 0 Å². The molecule has 1 unspecified atom stereocenters. The van der Waals surface area contributed by atoms with Gasteiger partial charge in [0.2, 0.25) is 0 Å². The molecule has 0 spiro atoms. The molecule has 1 atom stereocenters. The average molecular weight is 199 g/mol. The molecular formula is C9H13NO4. The Bertz CT molecular complexity index is 305. The predicted octanol–water partition coefficient (Wildman–Crippen LogP) is 0.486. The highest BCUT2D eigenvalue weighted by Gasteiger charge is 2.38. The van der Waals surface area contributed by atoms with Crippen LogP contribution in [-0.4, -0.2) is 29.4 Å². The molecule has 0 saturated heterocycles. The minimum absolute atomic E-state index is 0.510. The van der Waals surface area contributed by atoms with Crippen molar-refractivity contribution in [1.82, 2.24) is 5.16 Å². The van der Waals surface area contributed by atoms with Crippen molar-refractivity contribution in [2.75, 3.05) is 7.11 Å². The first-order chi connectivity index (χ1) is 6.50. The van der Waals surface area contributed by atoms with Crippen LogP contribution in [-0.2, 0) is 14.9 Å². The fourth-order valence-corrected chi connectivity index (χ4v) is 1.09. The molecule has 0 saturated carbocycles. The van der Waals surface area contributed by atoms with Gasteiger partial charge in [0.25, 0.3) is 0 Å². The number of ether oxygens (including phenoxy) is 1. The van der Waals surface area contributed by atoms with Crippen molar-refractivity contribution < 1.29 is 19.2 Å². The maximum absolute atomic E-state index is 11.1. The quantitative estimate of drug-likeness (QED) is 0.717. The van der Waals surface area contributed by atoms with Gasteiger partial charge >= 0.3 is 5.97 Å². The van der Waals surface area contributed by atoms with E-state index in [-0.39, 0.29) is 0 Å². The number of nitrogens with zero attached hydrogens (tertiary/aromatic N) is 1. The molecule has 1 heterocycles. The Labute approximate surface area is 81.7 Å². The number of aliphatic hydroxyl groups excluding tert-OH is 1. The second kappa shape index (κ2) is 3.79. The van der Waals surface area contributed by atoms with Gasteiger partial charge in [0.1, 0.15) is 6.26 Å². The molecule has 0 bridgehead atoms. The van der Waals surface area contributed by atoms with Gasteiger partial charge in [-0.1, -0.05) is 19.0 Å². The second-order valence-electron chi connectivity index (χ2n) is 3.53. The Morgan fingerprint density at radius 3 is 2.79 bits per heavy atom. The van der Waals surface area contributed by atoms with Crippen LogP contribution in [0.15, 0.2) is 16.9 Å². The van der Waals surface area contributed by atoms with Crippen molar-refractivity contribution in [3.05, 3.63) is 18.0 Å². The molecule has 0 aliphatic heterocycles. The number of aromatic nitrogens is 1. The Hall–Kier alpha value is -1.36. The normalized spacial score (nSPS) is 13.7. The molecule has 1 rings (SSSR count). The van der Waals surface area contributed by atoms with Crippen molar-refractivity contribution in [3.63, 3.8) is 0 Å². The lowest BCUT2D eigenvalue weighted by atomic mass is 9.83. The first kappa shape index (κ1) is 10.7. The molecule has 0 aliphatic rings. The van der Waals surface area contributed by atoms with Gasteiger partial charge in [0.05, 0.1) is 12.8 Å². The van der Waals surface area contributed by atoms with E-state index in [1.54, 1.807) is 19.9 Å². The third kappa shape index (κ3) is 1.77. The monoisotopic (exact) mass is 199 g/mol. The van der Waals surface area contributed by atoms with E-state index in [4.69, 9.17) is 0 Å². The Balaban J connectivity index is 2.90. The van der Waals surface area contributed by atoms with Gasteiger partial charge in [-0.2, -0.15) is 0 Å². The van der Waals surface area contributed by atoms with Gasteiger partial charge in [-0.15, -0.1) is 0 Å². The molecule has 1 N–H and O–H groups in total. The number of methoxy groups -OCH3 is 1. The van der Waals surface area contributed by atoms with E-state index in [2.05, 4.69) is 14.4 Å². The largest absolute Gasteiger partial charge is 0.467 e. The summed E-state index contributed by atoms with van der Waals surface area (Å²) in [5, 5.41) is 13.3. The maximum Gasteiger partial charge on any atom is 0.335 e. The van der Waals surface area contributed by atoms with Crippen LogP contribution in [0.4, 0.5) is 0 Å². The van der Waals surface area contributed by atoms with Crippen LogP contribution >= 0.6 is 0 Å². The molecule has 0 amide bonds. The van der Waals surface area contributed by atoms with Gasteiger partial charge in [-0.05, 0) is 0 Å². The number of rotatable bonds is 3. The van der Waals surface area contributed by atoms with Crippen LogP contribution in [0.1, 0.15) is 19.5 Å². The molecule has 1 aromatic heterocycles. The lowest BCUT2D eigenvalue weighted by Crippen LogP contribution is -2.40. The summed E-state index contributed by atoms with van der Waals surface area (Å²) < 4.78 is 9.10. The first-order valence-corrected chi connectivity index (χ1v) is 4.17. The van der Waals surface area contributed by atoms with Gasteiger partial charge in [0, 0.05) is 11.5 Å². The zero-order valence-electron chi connectivity index (χ0n) is 8.35. The summed E-state index contributed by atoms with van der Waals surface area (Å²) >= 11 is 0. The molecule has 14 heavy (non-hydrogen) atoms. The molecular weight excluding hydrogens is 186 g/mol. The average Bonchev–Trinajstić information content (AvgIpc) is 2.68. The maximum atomic E-state index is 11.1. The summed E-state index contributed by atoms with van der Waals surface area (Å²) in [6.07, 6.45) is 0.138. The van der Waals surface area contributed by atoms with E-state index in [0.29, 0.717) is 5.69 Å². The molecule has 5 nitrogen and oxygen atoms in total. The lowest BCUT2D eigenvalue weighted by molar-refractivity contribution is -0.154. The highest BCUT2D eigenvalue weighted by atomic mass is 16.5. The predicted molar refractivity (Wildman–Crippen MR) is 47.6 cm³/mol. The summed E-state index contributed by atoms with van der Waals surface area (Å²) in [5.74, 6) is -0.682. The van der Waals surface area contributed by atoms with Crippen molar-refractivity contribution in [2.45, 2.75) is 25.4 Å². The van der Waals surface area contributed by atoms with E-state index in [9.17, 15) is 9.90 Å². The van der Waals surface area contributed by atoms with Crippen molar-refractivity contribution in [3.8, 4) is 0 Å². The third-order valence-electron chi connectivity index (χ3n) is 2.21. The minimum Gasteiger partial charge on any atom is -0.467 e. The molecule has 0 aliphatic carbocycles. The van der Waals surface area contributed by atoms with Gasteiger partial charge < -0.3 is 14.4 Å². The summed E-state index contributed by atoms with van der Waals surface area (Å²) in [7, 11) is 1.23.